The average molecular weight is 473 g/mol. The van der Waals surface area contributed by atoms with Crippen LogP contribution in [0.1, 0.15) is 27.8 Å². The normalized spacial score (nSPS) is 12.2. The topological polar surface area (TPSA) is 20.2 Å². The molecule has 5 aromatic carbocycles. The second-order valence-electron chi connectivity index (χ2n) is 8.43. The van der Waals surface area contributed by atoms with E-state index in [2.05, 4.69) is 24.3 Å². The van der Waals surface area contributed by atoms with Gasteiger partial charge >= 0.3 is 0 Å². The highest BCUT2D eigenvalue weighted by Gasteiger charge is 2.39. The first-order valence-corrected chi connectivity index (χ1v) is 12.0. The van der Waals surface area contributed by atoms with Gasteiger partial charge in [0.25, 0.3) is 0 Å². The van der Waals surface area contributed by atoms with Crippen molar-refractivity contribution in [2.24, 2.45) is 0 Å². The highest BCUT2D eigenvalue weighted by Crippen LogP contribution is 2.47. The molecule has 0 radical (unpaired) electrons. The van der Waals surface area contributed by atoms with E-state index in [1.54, 1.807) is 0 Å². The van der Waals surface area contributed by atoms with Crippen LogP contribution in [0.4, 0.5) is 0 Å². The Hall–Kier alpha value is -3.91. The first-order chi connectivity index (χ1) is 17.2. The third kappa shape index (κ3) is 4.57. The highest BCUT2D eigenvalue weighted by atomic mass is 35.5. The van der Waals surface area contributed by atoms with Crippen LogP contribution >= 0.6 is 11.6 Å². The van der Waals surface area contributed by atoms with E-state index in [4.69, 9.17) is 11.6 Å². The minimum atomic E-state index is -1.42. The number of hydrogen-bond donors (Lipinski definition) is 1. The molecule has 0 amide bonds. The summed E-state index contributed by atoms with van der Waals surface area (Å²) in [7, 11) is 0. The summed E-state index contributed by atoms with van der Waals surface area (Å²) in [5.74, 6) is 0. The fourth-order valence-corrected chi connectivity index (χ4v) is 4.76. The molecule has 0 aromatic heterocycles. The molecule has 1 nitrogen and oxygen atoms in total. The maximum atomic E-state index is 12.9. The molecule has 0 saturated heterocycles. The number of halogens is 1. The molecule has 0 aliphatic heterocycles. The quantitative estimate of drug-likeness (QED) is 0.247. The zero-order valence-electron chi connectivity index (χ0n) is 19.2. The zero-order chi connectivity index (χ0) is 24.1. The van der Waals surface area contributed by atoms with Gasteiger partial charge in [0.05, 0.1) is 0 Å². The molecule has 0 bridgehead atoms. The average Bonchev–Trinajstić information content (AvgIpc) is 2.94. The summed E-state index contributed by atoms with van der Waals surface area (Å²) in [5.41, 5.74) is 4.86. The van der Waals surface area contributed by atoms with Crippen molar-refractivity contribution in [1.29, 1.82) is 0 Å². The van der Waals surface area contributed by atoms with Gasteiger partial charge in [-0.15, -0.1) is 0 Å². The number of rotatable bonds is 6. The largest absolute Gasteiger partial charge is 0.376 e. The number of hydrogen-bond acceptors (Lipinski definition) is 1. The Bertz CT molecular complexity index is 1370. The van der Waals surface area contributed by atoms with Crippen molar-refractivity contribution in [2.75, 3.05) is 0 Å². The van der Waals surface area contributed by atoms with Gasteiger partial charge in [-0.1, -0.05) is 145 Å². The van der Waals surface area contributed by atoms with E-state index >= 15 is 0 Å². The fourth-order valence-electron chi connectivity index (χ4n) is 4.63. The van der Waals surface area contributed by atoms with Crippen LogP contribution in [-0.2, 0) is 5.60 Å². The molecular weight excluding hydrogens is 448 g/mol. The maximum Gasteiger partial charge on any atom is 0.141 e. The van der Waals surface area contributed by atoms with Crippen LogP contribution in [0.15, 0.2) is 146 Å². The lowest BCUT2D eigenvalue weighted by Gasteiger charge is -2.35. The van der Waals surface area contributed by atoms with E-state index in [1.165, 1.54) is 0 Å². The maximum absolute atomic E-state index is 12.9. The molecule has 0 aliphatic rings. The van der Waals surface area contributed by atoms with Crippen LogP contribution in [0.5, 0.6) is 0 Å². The van der Waals surface area contributed by atoms with E-state index < -0.39 is 5.60 Å². The molecule has 170 valence electrons. The molecule has 2 heteroatoms. The van der Waals surface area contributed by atoms with Crippen LogP contribution in [0, 0.1) is 0 Å². The lowest BCUT2D eigenvalue weighted by Crippen LogP contribution is -2.30. The summed E-state index contributed by atoms with van der Waals surface area (Å²) < 4.78 is 0. The lowest BCUT2D eigenvalue weighted by atomic mass is 9.73. The van der Waals surface area contributed by atoms with Crippen molar-refractivity contribution in [1.82, 2.24) is 0 Å². The molecule has 0 saturated carbocycles. The van der Waals surface area contributed by atoms with E-state index in [1.807, 2.05) is 121 Å². The van der Waals surface area contributed by atoms with Crippen molar-refractivity contribution in [3.05, 3.63) is 178 Å². The third-order valence-corrected chi connectivity index (χ3v) is 6.50. The zero-order valence-corrected chi connectivity index (χ0v) is 19.9. The van der Waals surface area contributed by atoms with E-state index in [0.29, 0.717) is 5.02 Å². The van der Waals surface area contributed by atoms with Crippen LogP contribution in [0.2, 0.25) is 5.02 Å². The second-order valence-corrected chi connectivity index (χ2v) is 8.87. The standard InChI is InChI=1S/C33H25ClO/c34-30-23-21-26(22-24-30)31(25-13-5-1-6-14-25)32(27-15-7-2-8-16-27)33(35,28-17-9-3-10-18-28)29-19-11-4-12-20-29/h1-24,35H/b32-31-. The van der Waals surface area contributed by atoms with Crippen molar-refractivity contribution in [3.8, 4) is 0 Å². The summed E-state index contributed by atoms with van der Waals surface area (Å²) in [6.07, 6.45) is 0. The molecule has 1 N–H and O–H groups in total. The number of benzene rings is 5. The van der Waals surface area contributed by atoms with Gasteiger partial charge in [0.15, 0.2) is 0 Å². The van der Waals surface area contributed by atoms with Crippen LogP contribution in [-0.4, -0.2) is 5.11 Å². The van der Waals surface area contributed by atoms with E-state index in [0.717, 1.165) is 39.0 Å². The van der Waals surface area contributed by atoms with E-state index in [9.17, 15) is 5.11 Å². The third-order valence-electron chi connectivity index (χ3n) is 6.25. The van der Waals surface area contributed by atoms with Crippen molar-refractivity contribution >= 4 is 22.7 Å². The van der Waals surface area contributed by atoms with Gasteiger partial charge < -0.3 is 5.11 Å². The van der Waals surface area contributed by atoms with Crippen LogP contribution < -0.4 is 0 Å². The lowest BCUT2D eigenvalue weighted by molar-refractivity contribution is 0.146. The molecule has 0 spiro atoms. The molecule has 5 aromatic rings. The molecule has 0 fully saturated rings. The predicted molar refractivity (Wildman–Crippen MR) is 146 cm³/mol. The summed E-state index contributed by atoms with van der Waals surface area (Å²) >= 11 is 6.28. The Morgan fingerprint density at radius 1 is 0.457 bits per heavy atom. The molecular formula is C33H25ClO. The summed E-state index contributed by atoms with van der Waals surface area (Å²) in [4.78, 5) is 0. The Kier molecular flexibility index (Phi) is 6.63. The summed E-state index contributed by atoms with van der Waals surface area (Å²) in [6.45, 7) is 0. The molecule has 35 heavy (non-hydrogen) atoms. The second kappa shape index (κ2) is 10.1. The minimum Gasteiger partial charge on any atom is -0.376 e. The van der Waals surface area contributed by atoms with Crippen molar-refractivity contribution in [2.45, 2.75) is 5.60 Å². The number of aliphatic hydroxyl groups is 1. The van der Waals surface area contributed by atoms with Gasteiger partial charge in [0, 0.05) is 10.6 Å². The van der Waals surface area contributed by atoms with Gasteiger partial charge in [0.1, 0.15) is 5.60 Å². The summed E-state index contributed by atoms with van der Waals surface area (Å²) in [6, 6.07) is 48.0. The molecule has 0 unspecified atom stereocenters. The van der Waals surface area contributed by atoms with Gasteiger partial charge in [0.2, 0.25) is 0 Å². The first kappa shape index (κ1) is 22.9. The first-order valence-electron chi connectivity index (χ1n) is 11.6. The predicted octanol–water partition coefficient (Wildman–Crippen LogP) is 8.24. The van der Waals surface area contributed by atoms with E-state index in [-0.39, 0.29) is 0 Å². The van der Waals surface area contributed by atoms with Crippen LogP contribution in [0.25, 0.3) is 11.1 Å². The van der Waals surface area contributed by atoms with Gasteiger partial charge in [-0.3, -0.25) is 0 Å². The van der Waals surface area contributed by atoms with Gasteiger partial charge in [-0.2, -0.15) is 0 Å². The molecule has 5 rings (SSSR count). The highest BCUT2D eigenvalue weighted by molar-refractivity contribution is 6.30. The van der Waals surface area contributed by atoms with Crippen molar-refractivity contribution < 1.29 is 5.11 Å². The SMILES string of the molecule is OC(/C(=C(/c1ccccc1)c1ccc(Cl)cc1)c1ccccc1)(c1ccccc1)c1ccccc1. The monoisotopic (exact) mass is 472 g/mol. The summed E-state index contributed by atoms with van der Waals surface area (Å²) in [5, 5.41) is 13.6. The molecule has 0 aliphatic carbocycles. The minimum absolute atomic E-state index is 0.670. The van der Waals surface area contributed by atoms with Crippen molar-refractivity contribution in [3.63, 3.8) is 0 Å². The fraction of sp³-hybridized carbons (Fsp3) is 0.0303. The Morgan fingerprint density at radius 2 is 0.829 bits per heavy atom. The van der Waals surface area contributed by atoms with Gasteiger partial charge in [-0.05, 0) is 45.5 Å². The molecule has 0 heterocycles. The van der Waals surface area contributed by atoms with Gasteiger partial charge in [-0.25, -0.2) is 0 Å². The Labute approximate surface area is 211 Å². The van der Waals surface area contributed by atoms with Crippen LogP contribution in [0.3, 0.4) is 0 Å². The Balaban J connectivity index is 1.97. The molecule has 0 atom stereocenters. The smallest absolute Gasteiger partial charge is 0.141 e. The Morgan fingerprint density at radius 3 is 1.29 bits per heavy atom.